The van der Waals surface area contributed by atoms with Gasteiger partial charge in [0.15, 0.2) is 0 Å². The van der Waals surface area contributed by atoms with Gasteiger partial charge in [-0.15, -0.1) is 0 Å². The van der Waals surface area contributed by atoms with E-state index in [-0.39, 0.29) is 29.8 Å². The molecule has 7 heteroatoms. The van der Waals surface area contributed by atoms with Crippen LogP contribution in [0.2, 0.25) is 10.0 Å². The number of imide groups is 1. The van der Waals surface area contributed by atoms with Crippen molar-refractivity contribution < 1.29 is 19.1 Å². The van der Waals surface area contributed by atoms with Gasteiger partial charge in [0.2, 0.25) is 0 Å². The maximum absolute atomic E-state index is 12.2. The minimum atomic E-state index is -0.477. The van der Waals surface area contributed by atoms with Crippen LogP contribution in [0.5, 0.6) is 5.75 Å². The fourth-order valence-corrected chi connectivity index (χ4v) is 2.83. The number of benzene rings is 2. The molecular formula is C18H13Cl2NO4. The minimum Gasteiger partial charge on any atom is -0.426 e. The third kappa shape index (κ3) is 3.67. The molecule has 0 bridgehead atoms. The first kappa shape index (κ1) is 17.5. The van der Waals surface area contributed by atoms with E-state index >= 15 is 0 Å². The number of hydrogen-bond acceptors (Lipinski definition) is 4. The molecule has 0 unspecified atom stereocenters. The number of nitrogens with zero attached hydrogens (tertiary/aromatic N) is 1. The number of rotatable bonds is 5. The van der Waals surface area contributed by atoms with E-state index in [9.17, 15) is 14.4 Å². The van der Waals surface area contributed by atoms with Crippen molar-refractivity contribution in [2.45, 2.75) is 12.8 Å². The number of carbonyl (C=O) groups excluding carboxylic acids is 3. The lowest BCUT2D eigenvalue weighted by Gasteiger charge is -2.13. The third-order valence-corrected chi connectivity index (χ3v) is 4.50. The lowest BCUT2D eigenvalue weighted by Crippen LogP contribution is -2.31. The molecule has 0 spiro atoms. The van der Waals surface area contributed by atoms with Gasteiger partial charge >= 0.3 is 5.97 Å². The van der Waals surface area contributed by atoms with Crippen molar-refractivity contribution >= 4 is 41.0 Å². The second kappa shape index (κ2) is 7.25. The van der Waals surface area contributed by atoms with Crippen LogP contribution in [0.3, 0.4) is 0 Å². The summed E-state index contributed by atoms with van der Waals surface area (Å²) in [6, 6.07) is 11.2. The van der Waals surface area contributed by atoms with Gasteiger partial charge in [-0.05, 0) is 30.7 Å². The molecule has 2 aromatic carbocycles. The number of esters is 1. The van der Waals surface area contributed by atoms with Crippen molar-refractivity contribution in [1.82, 2.24) is 4.90 Å². The molecule has 0 saturated heterocycles. The van der Waals surface area contributed by atoms with Crippen LogP contribution in [0.1, 0.15) is 33.6 Å². The van der Waals surface area contributed by atoms with Crippen LogP contribution in [-0.4, -0.2) is 29.2 Å². The summed E-state index contributed by atoms with van der Waals surface area (Å²) in [5.41, 5.74) is 0.789. The summed E-state index contributed by atoms with van der Waals surface area (Å²) in [6.07, 6.45) is 0.374. The Morgan fingerprint density at radius 3 is 2.20 bits per heavy atom. The van der Waals surface area contributed by atoms with Gasteiger partial charge in [-0.1, -0.05) is 35.3 Å². The van der Waals surface area contributed by atoms with Crippen molar-refractivity contribution in [3.05, 3.63) is 63.6 Å². The monoisotopic (exact) mass is 377 g/mol. The third-order valence-electron chi connectivity index (χ3n) is 3.76. The highest BCUT2D eigenvalue weighted by Crippen LogP contribution is 2.27. The molecule has 25 heavy (non-hydrogen) atoms. The van der Waals surface area contributed by atoms with Crippen LogP contribution in [-0.2, 0) is 4.79 Å². The molecule has 0 atom stereocenters. The smallest absolute Gasteiger partial charge is 0.311 e. The van der Waals surface area contributed by atoms with Crippen LogP contribution in [0.25, 0.3) is 0 Å². The lowest BCUT2D eigenvalue weighted by atomic mass is 10.1. The molecule has 2 aromatic rings. The van der Waals surface area contributed by atoms with E-state index in [1.54, 1.807) is 24.3 Å². The van der Waals surface area contributed by atoms with Crippen molar-refractivity contribution in [2.75, 3.05) is 6.54 Å². The summed E-state index contributed by atoms with van der Waals surface area (Å²) < 4.78 is 5.16. The van der Waals surface area contributed by atoms with Crippen molar-refractivity contribution in [1.29, 1.82) is 0 Å². The van der Waals surface area contributed by atoms with E-state index in [0.717, 1.165) is 4.90 Å². The highest BCUT2D eigenvalue weighted by molar-refractivity contribution is 6.42. The average molecular weight is 378 g/mol. The average Bonchev–Trinajstić information content (AvgIpc) is 2.83. The van der Waals surface area contributed by atoms with E-state index in [2.05, 4.69) is 0 Å². The van der Waals surface area contributed by atoms with Gasteiger partial charge < -0.3 is 4.74 Å². The number of amides is 2. The zero-order chi connectivity index (χ0) is 18.0. The topological polar surface area (TPSA) is 63.7 Å². The largest absolute Gasteiger partial charge is 0.426 e. The second-order valence-electron chi connectivity index (χ2n) is 5.46. The Morgan fingerprint density at radius 1 is 0.960 bits per heavy atom. The normalized spacial score (nSPS) is 13.1. The van der Waals surface area contributed by atoms with Crippen molar-refractivity contribution in [3.63, 3.8) is 0 Å². The maximum atomic E-state index is 12.2. The Labute approximate surface area is 154 Å². The predicted octanol–water partition coefficient (Wildman–Crippen LogP) is 3.98. The zero-order valence-corrected chi connectivity index (χ0v) is 14.5. The van der Waals surface area contributed by atoms with Crippen molar-refractivity contribution in [2.24, 2.45) is 0 Å². The molecule has 128 valence electrons. The molecule has 0 fully saturated rings. The number of ether oxygens (including phenoxy) is 1. The van der Waals surface area contributed by atoms with E-state index in [0.29, 0.717) is 28.3 Å². The molecule has 3 rings (SSSR count). The zero-order valence-electron chi connectivity index (χ0n) is 13.0. The van der Waals surface area contributed by atoms with E-state index < -0.39 is 5.97 Å². The Morgan fingerprint density at radius 2 is 1.60 bits per heavy atom. The Bertz CT molecular complexity index is 831. The lowest BCUT2D eigenvalue weighted by molar-refractivity contribution is -0.134. The Hall–Kier alpha value is -2.37. The molecule has 0 saturated carbocycles. The van der Waals surface area contributed by atoms with Crippen LogP contribution in [0.15, 0.2) is 42.5 Å². The molecule has 5 nitrogen and oxygen atoms in total. The molecule has 0 aromatic heterocycles. The van der Waals surface area contributed by atoms with Gasteiger partial charge in [0, 0.05) is 19.0 Å². The standard InChI is InChI=1S/C18H13Cl2NO4/c19-14-8-7-11(10-15(14)20)25-16(22)6-3-9-21-17(23)12-4-1-2-5-13(12)18(21)24/h1-2,4-5,7-8,10H,3,6,9H2. The SMILES string of the molecule is O=C(CCCN1C(=O)c2ccccc2C1=O)Oc1ccc(Cl)c(Cl)c1. The van der Waals surface area contributed by atoms with Gasteiger partial charge in [-0.2, -0.15) is 0 Å². The van der Waals surface area contributed by atoms with Gasteiger partial charge in [-0.25, -0.2) is 0 Å². The van der Waals surface area contributed by atoms with E-state index in [1.165, 1.54) is 18.2 Å². The summed E-state index contributed by atoms with van der Waals surface area (Å²) in [7, 11) is 0. The van der Waals surface area contributed by atoms with Gasteiger partial charge in [-0.3, -0.25) is 19.3 Å². The number of fused-ring (bicyclic) bond motifs is 1. The minimum absolute atomic E-state index is 0.0631. The second-order valence-corrected chi connectivity index (χ2v) is 6.28. The molecule has 2 amide bonds. The summed E-state index contributed by atoms with van der Waals surface area (Å²) in [5.74, 6) is -0.855. The van der Waals surface area contributed by atoms with Crippen LogP contribution >= 0.6 is 23.2 Å². The summed E-state index contributed by atoms with van der Waals surface area (Å²) >= 11 is 11.7. The van der Waals surface area contributed by atoms with Gasteiger partial charge in [0.25, 0.3) is 11.8 Å². The first-order chi connectivity index (χ1) is 12.0. The fraction of sp³-hybridized carbons (Fsp3) is 0.167. The molecule has 0 N–H and O–H groups in total. The fourth-order valence-electron chi connectivity index (χ4n) is 2.55. The van der Waals surface area contributed by atoms with E-state index in [1.807, 2.05) is 0 Å². The molecule has 1 aliphatic heterocycles. The highest BCUT2D eigenvalue weighted by Gasteiger charge is 2.34. The van der Waals surface area contributed by atoms with Gasteiger partial charge in [0.05, 0.1) is 21.2 Å². The summed E-state index contributed by atoms with van der Waals surface area (Å²) in [4.78, 5) is 37.4. The Balaban J connectivity index is 1.53. The van der Waals surface area contributed by atoms with Crippen molar-refractivity contribution in [3.8, 4) is 5.75 Å². The maximum Gasteiger partial charge on any atom is 0.311 e. The summed E-state index contributed by atoms with van der Waals surface area (Å²) in [5, 5.41) is 0.657. The summed E-state index contributed by atoms with van der Waals surface area (Å²) in [6.45, 7) is 0.156. The first-order valence-corrected chi connectivity index (χ1v) is 8.34. The Kier molecular flexibility index (Phi) is 5.06. The molecule has 0 radical (unpaired) electrons. The van der Waals surface area contributed by atoms with Crippen LogP contribution in [0.4, 0.5) is 0 Å². The van der Waals surface area contributed by atoms with Crippen LogP contribution < -0.4 is 4.74 Å². The molecule has 0 aliphatic carbocycles. The molecule has 1 aliphatic rings. The molecular weight excluding hydrogens is 365 g/mol. The van der Waals surface area contributed by atoms with E-state index in [4.69, 9.17) is 27.9 Å². The quantitative estimate of drug-likeness (QED) is 0.449. The first-order valence-electron chi connectivity index (χ1n) is 7.58. The van der Waals surface area contributed by atoms with Crippen LogP contribution in [0, 0.1) is 0 Å². The number of halogens is 2. The van der Waals surface area contributed by atoms with Gasteiger partial charge in [0.1, 0.15) is 5.75 Å². The number of carbonyl (C=O) groups is 3. The highest BCUT2D eigenvalue weighted by atomic mass is 35.5. The number of hydrogen-bond donors (Lipinski definition) is 0. The predicted molar refractivity (Wildman–Crippen MR) is 93.1 cm³/mol. The molecule has 1 heterocycles.